The minimum atomic E-state index is -2.82. The Morgan fingerprint density at radius 3 is 2.30 bits per heavy atom. The Morgan fingerprint density at radius 1 is 1.15 bits per heavy atom. The van der Waals surface area contributed by atoms with Gasteiger partial charge < -0.3 is 9.84 Å². The molecule has 0 aliphatic carbocycles. The lowest BCUT2D eigenvalue weighted by molar-refractivity contribution is -0.0498. The molecule has 1 N–H and O–H groups in total. The Hall–Kier alpha value is -1.16. The molecular formula is C16H24F2O2. The highest BCUT2D eigenvalue weighted by molar-refractivity contribution is 5.28. The zero-order valence-electron chi connectivity index (χ0n) is 12.2. The van der Waals surface area contributed by atoms with E-state index in [1.807, 2.05) is 0 Å². The van der Waals surface area contributed by atoms with Gasteiger partial charge in [0, 0.05) is 0 Å². The van der Waals surface area contributed by atoms with Crippen LogP contribution < -0.4 is 4.74 Å². The maximum Gasteiger partial charge on any atom is 0.387 e. The van der Waals surface area contributed by atoms with Crippen LogP contribution in [0.2, 0.25) is 0 Å². The van der Waals surface area contributed by atoms with Crippen LogP contribution in [0.3, 0.4) is 0 Å². The SMILES string of the molecule is CCCCC(CC)CC(O)c1ccc(OC(F)F)cc1. The molecule has 2 nitrogen and oxygen atoms in total. The molecule has 4 heteroatoms. The van der Waals surface area contributed by atoms with Crippen molar-refractivity contribution in [2.45, 2.75) is 58.7 Å². The van der Waals surface area contributed by atoms with Crippen LogP contribution in [-0.2, 0) is 0 Å². The summed E-state index contributed by atoms with van der Waals surface area (Å²) in [4.78, 5) is 0. The number of aliphatic hydroxyl groups excluding tert-OH is 1. The summed E-state index contributed by atoms with van der Waals surface area (Å²) in [5.74, 6) is 0.621. The zero-order valence-corrected chi connectivity index (χ0v) is 12.2. The van der Waals surface area contributed by atoms with Gasteiger partial charge in [0.1, 0.15) is 5.75 Å². The Balaban J connectivity index is 2.55. The van der Waals surface area contributed by atoms with Crippen molar-refractivity contribution < 1.29 is 18.6 Å². The van der Waals surface area contributed by atoms with E-state index < -0.39 is 12.7 Å². The van der Waals surface area contributed by atoms with Gasteiger partial charge in [-0.15, -0.1) is 0 Å². The van der Waals surface area contributed by atoms with Crippen LogP contribution in [0.15, 0.2) is 24.3 Å². The molecule has 0 heterocycles. The van der Waals surface area contributed by atoms with Crippen LogP contribution in [0.1, 0.15) is 57.6 Å². The highest BCUT2D eigenvalue weighted by Crippen LogP contribution is 2.27. The predicted molar refractivity (Wildman–Crippen MR) is 76.0 cm³/mol. The van der Waals surface area contributed by atoms with Gasteiger partial charge in [-0.3, -0.25) is 0 Å². The number of alkyl halides is 2. The number of benzene rings is 1. The van der Waals surface area contributed by atoms with E-state index in [-0.39, 0.29) is 5.75 Å². The summed E-state index contributed by atoms with van der Waals surface area (Å²) in [5, 5.41) is 10.2. The number of aliphatic hydroxyl groups is 1. The summed E-state index contributed by atoms with van der Waals surface area (Å²) in [6.07, 6.45) is 4.67. The topological polar surface area (TPSA) is 29.5 Å². The molecule has 1 aromatic carbocycles. The number of rotatable bonds is 9. The minimum absolute atomic E-state index is 0.119. The van der Waals surface area contributed by atoms with E-state index in [2.05, 4.69) is 18.6 Å². The van der Waals surface area contributed by atoms with Crippen molar-refractivity contribution in [1.29, 1.82) is 0 Å². The third-order valence-corrected chi connectivity index (χ3v) is 3.59. The average molecular weight is 286 g/mol. The van der Waals surface area contributed by atoms with Crippen LogP contribution in [-0.4, -0.2) is 11.7 Å². The van der Waals surface area contributed by atoms with E-state index in [1.54, 1.807) is 12.1 Å². The van der Waals surface area contributed by atoms with E-state index in [0.29, 0.717) is 12.3 Å². The maximum absolute atomic E-state index is 12.0. The lowest BCUT2D eigenvalue weighted by Crippen LogP contribution is -2.07. The quantitative estimate of drug-likeness (QED) is 0.697. The summed E-state index contributed by atoms with van der Waals surface area (Å²) in [6, 6.07) is 6.24. The Bertz CT molecular complexity index is 365. The van der Waals surface area contributed by atoms with Crippen molar-refractivity contribution in [3.8, 4) is 5.75 Å². The van der Waals surface area contributed by atoms with Gasteiger partial charge in [-0.05, 0) is 30.0 Å². The standard InChI is InChI=1S/C16H24F2O2/c1-3-5-6-12(4-2)11-15(19)13-7-9-14(10-8-13)20-16(17)18/h7-10,12,15-16,19H,3-6,11H2,1-2H3. The molecule has 0 aliphatic rings. The smallest absolute Gasteiger partial charge is 0.387 e. The molecule has 0 fully saturated rings. The number of hydrogen-bond donors (Lipinski definition) is 1. The second kappa shape index (κ2) is 8.90. The van der Waals surface area contributed by atoms with Crippen molar-refractivity contribution >= 4 is 0 Å². The summed E-state index contributed by atoms with van der Waals surface area (Å²) < 4.78 is 28.4. The van der Waals surface area contributed by atoms with Gasteiger partial charge in [0.15, 0.2) is 0 Å². The first-order valence-corrected chi connectivity index (χ1v) is 7.29. The fraction of sp³-hybridized carbons (Fsp3) is 0.625. The van der Waals surface area contributed by atoms with Crippen molar-refractivity contribution in [2.24, 2.45) is 5.92 Å². The molecule has 114 valence electrons. The van der Waals surface area contributed by atoms with E-state index >= 15 is 0 Å². The third-order valence-electron chi connectivity index (χ3n) is 3.59. The van der Waals surface area contributed by atoms with Crippen LogP contribution in [0, 0.1) is 5.92 Å². The molecule has 0 saturated heterocycles. The van der Waals surface area contributed by atoms with Crippen LogP contribution in [0.25, 0.3) is 0 Å². The fourth-order valence-corrected chi connectivity index (χ4v) is 2.30. The molecule has 1 aromatic rings. The first kappa shape index (κ1) is 16.9. The zero-order chi connectivity index (χ0) is 15.0. The van der Waals surface area contributed by atoms with Gasteiger partial charge in [-0.25, -0.2) is 0 Å². The fourth-order valence-electron chi connectivity index (χ4n) is 2.30. The molecule has 1 rings (SSSR count). The van der Waals surface area contributed by atoms with E-state index in [4.69, 9.17) is 0 Å². The molecule has 20 heavy (non-hydrogen) atoms. The second-order valence-electron chi connectivity index (χ2n) is 5.12. The summed E-state index contributed by atoms with van der Waals surface area (Å²) in [5.41, 5.74) is 0.751. The summed E-state index contributed by atoms with van der Waals surface area (Å²) in [7, 11) is 0. The van der Waals surface area contributed by atoms with E-state index in [0.717, 1.165) is 24.8 Å². The number of ether oxygens (including phenoxy) is 1. The van der Waals surface area contributed by atoms with Crippen molar-refractivity contribution in [3.63, 3.8) is 0 Å². The van der Waals surface area contributed by atoms with Crippen molar-refractivity contribution in [3.05, 3.63) is 29.8 Å². The lowest BCUT2D eigenvalue weighted by atomic mass is 9.91. The molecule has 0 bridgehead atoms. The highest BCUT2D eigenvalue weighted by Gasteiger charge is 2.15. The van der Waals surface area contributed by atoms with Gasteiger partial charge in [0.2, 0.25) is 0 Å². The molecule has 0 radical (unpaired) electrons. The van der Waals surface area contributed by atoms with Gasteiger partial charge in [-0.1, -0.05) is 51.7 Å². The molecule has 0 amide bonds. The molecule has 2 unspecified atom stereocenters. The lowest BCUT2D eigenvalue weighted by Gasteiger charge is -2.19. The largest absolute Gasteiger partial charge is 0.435 e. The molecule has 0 saturated carbocycles. The predicted octanol–water partition coefficient (Wildman–Crippen LogP) is 4.93. The summed E-state index contributed by atoms with van der Waals surface area (Å²) in [6.45, 7) is 1.47. The van der Waals surface area contributed by atoms with E-state index in [9.17, 15) is 13.9 Å². The van der Waals surface area contributed by atoms with Gasteiger partial charge in [0.25, 0.3) is 0 Å². The third kappa shape index (κ3) is 5.87. The first-order valence-electron chi connectivity index (χ1n) is 7.29. The Labute approximate surface area is 119 Å². The van der Waals surface area contributed by atoms with E-state index in [1.165, 1.54) is 18.6 Å². The first-order chi connectivity index (χ1) is 9.56. The van der Waals surface area contributed by atoms with Crippen LogP contribution >= 0.6 is 0 Å². The Kier molecular flexibility index (Phi) is 7.52. The molecule has 0 aliphatic heterocycles. The Morgan fingerprint density at radius 2 is 1.80 bits per heavy atom. The monoisotopic (exact) mass is 286 g/mol. The van der Waals surface area contributed by atoms with Gasteiger partial charge >= 0.3 is 6.61 Å². The molecular weight excluding hydrogens is 262 g/mol. The van der Waals surface area contributed by atoms with Crippen LogP contribution in [0.5, 0.6) is 5.75 Å². The minimum Gasteiger partial charge on any atom is -0.435 e. The van der Waals surface area contributed by atoms with Gasteiger partial charge in [0.05, 0.1) is 6.10 Å². The highest BCUT2D eigenvalue weighted by atomic mass is 19.3. The molecule has 0 aromatic heterocycles. The maximum atomic E-state index is 12.0. The molecule has 0 spiro atoms. The van der Waals surface area contributed by atoms with Crippen LogP contribution in [0.4, 0.5) is 8.78 Å². The van der Waals surface area contributed by atoms with Crippen molar-refractivity contribution in [1.82, 2.24) is 0 Å². The number of unbranched alkanes of at least 4 members (excludes halogenated alkanes) is 1. The summed E-state index contributed by atoms with van der Waals surface area (Å²) >= 11 is 0. The second-order valence-corrected chi connectivity index (χ2v) is 5.12. The number of hydrogen-bond acceptors (Lipinski definition) is 2. The van der Waals surface area contributed by atoms with Crippen molar-refractivity contribution in [2.75, 3.05) is 0 Å². The van der Waals surface area contributed by atoms with Gasteiger partial charge in [-0.2, -0.15) is 8.78 Å². The molecule has 2 atom stereocenters. The normalized spacial score (nSPS) is 14.3. The number of halogens is 2. The average Bonchev–Trinajstić information content (AvgIpc) is 2.43.